The molecule has 0 saturated heterocycles. The summed E-state index contributed by atoms with van der Waals surface area (Å²) in [6.07, 6.45) is 7.73. The normalized spacial score (nSPS) is 21.0. The highest BCUT2D eigenvalue weighted by molar-refractivity contribution is 7.17. The van der Waals surface area contributed by atoms with Crippen LogP contribution in [-0.4, -0.2) is 20.3 Å². The van der Waals surface area contributed by atoms with Crippen molar-refractivity contribution in [1.82, 2.24) is 14.5 Å². The van der Waals surface area contributed by atoms with E-state index in [4.69, 9.17) is 4.98 Å². The molecular formula is C15H17N3OS. The number of nitrogens with zero attached hydrogens (tertiary/aromatic N) is 3. The largest absolute Gasteiger partial charge is 0.326 e. The zero-order valence-corrected chi connectivity index (χ0v) is 12.5. The second-order valence-corrected chi connectivity index (χ2v) is 7.65. The van der Waals surface area contributed by atoms with Gasteiger partial charge in [-0.1, -0.05) is 13.8 Å². The average molecular weight is 287 g/mol. The van der Waals surface area contributed by atoms with E-state index in [1.54, 1.807) is 0 Å². The average Bonchev–Trinajstić information content (AvgIpc) is 2.94. The van der Waals surface area contributed by atoms with Gasteiger partial charge in [-0.3, -0.25) is 4.79 Å². The zero-order chi connectivity index (χ0) is 13.9. The molecule has 2 aromatic heterocycles. The molecule has 4 rings (SSSR count). The Kier molecular flexibility index (Phi) is 2.46. The molecule has 4 nitrogen and oxygen atoms in total. The van der Waals surface area contributed by atoms with Crippen molar-refractivity contribution in [3.05, 3.63) is 23.1 Å². The highest BCUT2D eigenvalue weighted by Gasteiger charge is 2.35. The van der Waals surface area contributed by atoms with Crippen molar-refractivity contribution in [3.8, 4) is 10.7 Å². The molecule has 2 heterocycles. The lowest BCUT2D eigenvalue weighted by Gasteiger charge is -2.26. The Bertz CT molecular complexity index is 694. The Morgan fingerprint density at radius 1 is 1.35 bits per heavy atom. The minimum atomic E-state index is 0.0339. The predicted molar refractivity (Wildman–Crippen MR) is 78.0 cm³/mol. The van der Waals surface area contributed by atoms with Crippen LogP contribution in [-0.2, 0) is 6.42 Å². The third-order valence-electron chi connectivity index (χ3n) is 4.06. The number of carbonyl (C=O) groups excluding carboxylic acids is 1. The fourth-order valence-corrected chi connectivity index (χ4v) is 3.98. The molecule has 2 aliphatic carbocycles. The molecule has 5 heteroatoms. The van der Waals surface area contributed by atoms with Crippen molar-refractivity contribution >= 4 is 17.1 Å². The Hall–Kier alpha value is -1.49. The first-order chi connectivity index (χ1) is 9.53. The van der Waals surface area contributed by atoms with Crippen LogP contribution in [0, 0.1) is 5.41 Å². The molecule has 0 bridgehead atoms. The Balaban J connectivity index is 1.78. The third kappa shape index (κ3) is 1.92. The molecule has 0 aromatic carbocycles. The lowest BCUT2D eigenvalue weighted by Crippen LogP contribution is -2.25. The topological polar surface area (TPSA) is 47.8 Å². The Labute approximate surface area is 121 Å². The second-order valence-electron chi connectivity index (χ2n) is 6.65. The molecule has 104 valence electrons. The third-order valence-corrected chi connectivity index (χ3v) is 5.22. The second kappa shape index (κ2) is 4.01. The van der Waals surface area contributed by atoms with Crippen LogP contribution >= 0.6 is 11.3 Å². The van der Waals surface area contributed by atoms with Crippen LogP contribution in [0.25, 0.3) is 10.7 Å². The standard InChI is InChI=1S/C15H17N3OS/c1-15(2)5-10-13(12(19)6-15)20-14(17-10)11-7-16-8-18(11)9-3-4-9/h7-9H,3-6H2,1-2H3. The van der Waals surface area contributed by atoms with E-state index in [1.165, 1.54) is 24.2 Å². The summed E-state index contributed by atoms with van der Waals surface area (Å²) in [6, 6.07) is 0.584. The van der Waals surface area contributed by atoms with Gasteiger partial charge < -0.3 is 4.57 Å². The van der Waals surface area contributed by atoms with Crippen LogP contribution < -0.4 is 0 Å². The van der Waals surface area contributed by atoms with E-state index in [0.29, 0.717) is 12.5 Å². The number of fused-ring (bicyclic) bond motifs is 1. The summed E-state index contributed by atoms with van der Waals surface area (Å²) in [7, 11) is 0. The van der Waals surface area contributed by atoms with Crippen molar-refractivity contribution < 1.29 is 4.79 Å². The molecule has 0 atom stereocenters. The van der Waals surface area contributed by atoms with Gasteiger partial charge in [0.15, 0.2) is 5.78 Å². The van der Waals surface area contributed by atoms with Crippen molar-refractivity contribution in [2.75, 3.05) is 0 Å². The van der Waals surface area contributed by atoms with E-state index in [9.17, 15) is 4.79 Å². The molecule has 1 saturated carbocycles. The Morgan fingerprint density at radius 2 is 2.15 bits per heavy atom. The maximum Gasteiger partial charge on any atom is 0.175 e. The molecule has 0 spiro atoms. The van der Waals surface area contributed by atoms with Gasteiger partial charge in [0, 0.05) is 12.5 Å². The van der Waals surface area contributed by atoms with E-state index in [1.807, 2.05) is 12.5 Å². The van der Waals surface area contributed by atoms with Crippen LogP contribution in [0.1, 0.15) is 54.5 Å². The fourth-order valence-electron chi connectivity index (χ4n) is 2.94. The van der Waals surface area contributed by atoms with Gasteiger partial charge in [-0.2, -0.15) is 0 Å². The van der Waals surface area contributed by atoms with Crippen molar-refractivity contribution in [3.63, 3.8) is 0 Å². The number of aromatic nitrogens is 3. The molecule has 1 fully saturated rings. The molecule has 0 amide bonds. The molecule has 2 aromatic rings. The molecule has 0 unspecified atom stereocenters. The highest BCUT2D eigenvalue weighted by atomic mass is 32.1. The van der Waals surface area contributed by atoms with Crippen molar-refractivity contribution in [2.24, 2.45) is 5.41 Å². The molecule has 0 N–H and O–H groups in total. The molecule has 20 heavy (non-hydrogen) atoms. The number of carbonyl (C=O) groups is 1. The summed E-state index contributed by atoms with van der Waals surface area (Å²) in [6.45, 7) is 4.28. The maximum atomic E-state index is 12.3. The van der Waals surface area contributed by atoms with Gasteiger partial charge in [-0.25, -0.2) is 9.97 Å². The Morgan fingerprint density at radius 3 is 2.90 bits per heavy atom. The molecule has 2 aliphatic rings. The van der Waals surface area contributed by atoms with Gasteiger partial charge in [0.2, 0.25) is 0 Å². The van der Waals surface area contributed by atoms with E-state index < -0.39 is 0 Å². The van der Waals surface area contributed by atoms with Gasteiger partial charge >= 0.3 is 0 Å². The van der Waals surface area contributed by atoms with Crippen LogP contribution in [0.3, 0.4) is 0 Å². The van der Waals surface area contributed by atoms with Crippen LogP contribution in [0.4, 0.5) is 0 Å². The summed E-state index contributed by atoms with van der Waals surface area (Å²) < 4.78 is 2.21. The van der Waals surface area contributed by atoms with Gasteiger partial charge in [0.25, 0.3) is 0 Å². The van der Waals surface area contributed by atoms with Crippen LogP contribution in [0.5, 0.6) is 0 Å². The van der Waals surface area contributed by atoms with Crippen molar-refractivity contribution in [1.29, 1.82) is 0 Å². The summed E-state index contributed by atoms with van der Waals surface area (Å²) in [5, 5.41) is 0.949. The highest BCUT2D eigenvalue weighted by Crippen LogP contribution is 2.42. The predicted octanol–water partition coefficient (Wildman–Crippen LogP) is 3.50. The fraction of sp³-hybridized carbons (Fsp3) is 0.533. The number of hydrogen-bond acceptors (Lipinski definition) is 4. The first-order valence-electron chi connectivity index (χ1n) is 7.09. The number of Topliss-reactive ketones (excluding diaryl/α,β-unsaturated/α-hetero) is 1. The number of ketones is 1. The van der Waals surface area contributed by atoms with Gasteiger partial charge in [-0.05, 0) is 24.7 Å². The number of hydrogen-bond donors (Lipinski definition) is 0. The zero-order valence-electron chi connectivity index (χ0n) is 11.7. The number of rotatable bonds is 2. The summed E-state index contributed by atoms with van der Waals surface area (Å²) in [5.74, 6) is 0.248. The van der Waals surface area contributed by atoms with Gasteiger partial charge in [0.05, 0.1) is 28.8 Å². The lowest BCUT2D eigenvalue weighted by atomic mass is 9.78. The number of imidazole rings is 1. The first-order valence-corrected chi connectivity index (χ1v) is 7.90. The first kappa shape index (κ1) is 12.3. The lowest BCUT2D eigenvalue weighted by molar-refractivity contribution is 0.0916. The van der Waals surface area contributed by atoms with Crippen LogP contribution in [0.15, 0.2) is 12.5 Å². The summed E-state index contributed by atoms with van der Waals surface area (Å²) in [4.78, 5) is 22.1. The minimum Gasteiger partial charge on any atom is -0.326 e. The summed E-state index contributed by atoms with van der Waals surface area (Å²) in [5.41, 5.74) is 2.08. The van der Waals surface area contributed by atoms with Gasteiger partial charge in [-0.15, -0.1) is 11.3 Å². The number of thiazole rings is 1. The summed E-state index contributed by atoms with van der Waals surface area (Å²) >= 11 is 1.54. The molecule has 0 radical (unpaired) electrons. The van der Waals surface area contributed by atoms with E-state index in [2.05, 4.69) is 23.4 Å². The van der Waals surface area contributed by atoms with Gasteiger partial charge in [0.1, 0.15) is 5.01 Å². The molecule has 0 aliphatic heterocycles. The minimum absolute atomic E-state index is 0.0339. The SMILES string of the molecule is CC1(C)CC(=O)c2sc(-c3cncn3C3CC3)nc2C1. The maximum absolute atomic E-state index is 12.3. The van der Waals surface area contributed by atoms with E-state index in [-0.39, 0.29) is 11.2 Å². The van der Waals surface area contributed by atoms with E-state index >= 15 is 0 Å². The smallest absolute Gasteiger partial charge is 0.175 e. The molecular weight excluding hydrogens is 270 g/mol. The van der Waals surface area contributed by atoms with Crippen LogP contribution in [0.2, 0.25) is 0 Å². The van der Waals surface area contributed by atoms with Crippen molar-refractivity contribution in [2.45, 2.75) is 45.6 Å². The monoisotopic (exact) mass is 287 g/mol. The van der Waals surface area contributed by atoms with E-state index in [0.717, 1.165) is 27.7 Å². The quantitative estimate of drug-likeness (QED) is 0.849.